The molecule has 4 nitrogen and oxygen atoms in total. The molecule has 0 aromatic heterocycles. The van der Waals surface area contributed by atoms with Crippen LogP contribution in [0.2, 0.25) is 0 Å². The van der Waals surface area contributed by atoms with Crippen molar-refractivity contribution >= 4 is 11.8 Å². The van der Waals surface area contributed by atoms with Crippen molar-refractivity contribution in [3.63, 3.8) is 0 Å². The first kappa shape index (κ1) is 16.1. The van der Waals surface area contributed by atoms with E-state index < -0.39 is 11.9 Å². The molecule has 128 valence electrons. The first-order valence-electron chi connectivity index (χ1n) is 8.32. The van der Waals surface area contributed by atoms with Gasteiger partial charge >= 0.3 is 5.97 Å². The summed E-state index contributed by atoms with van der Waals surface area (Å²) < 4.78 is 11.5. The van der Waals surface area contributed by atoms with Crippen LogP contribution in [-0.2, 0) is 4.79 Å². The Kier molecular flexibility index (Phi) is 4.01. The summed E-state index contributed by atoms with van der Waals surface area (Å²) in [6, 6.07) is 21.5. The summed E-state index contributed by atoms with van der Waals surface area (Å²) in [5.74, 6) is 0.566. The number of ketones is 1. The van der Waals surface area contributed by atoms with Crippen LogP contribution in [0, 0.1) is 0 Å². The van der Waals surface area contributed by atoms with Crippen LogP contribution < -0.4 is 9.47 Å². The number of carbonyl (C=O) groups excluding carboxylic acids is 2. The number of rotatable bonds is 3. The number of carbonyl (C=O) groups is 2. The monoisotopic (exact) mass is 344 g/mol. The lowest BCUT2D eigenvalue weighted by Gasteiger charge is -2.26. The molecule has 4 heteroatoms. The second-order valence-electron chi connectivity index (χ2n) is 6.12. The Labute approximate surface area is 151 Å². The zero-order valence-corrected chi connectivity index (χ0v) is 14.1. The van der Waals surface area contributed by atoms with Crippen LogP contribution in [0.3, 0.4) is 0 Å². The van der Waals surface area contributed by atoms with Crippen LogP contribution >= 0.6 is 0 Å². The first-order valence-corrected chi connectivity index (χ1v) is 8.32. The van der Waals surface area contributed by atoms with E-state index in [0.29, 0.717) is 22.8 Å². The fourth-order valence-corrected chi connectivity index (χ4v) is 3.12. The third-order valence-electron chi connectivity index (χ3n) is 4.37. The van der Waals surface area contributed by atoms with Gasteiger partial charge in [0.25, 0.3) is 0 Å². The number of benzene rings is 3. The predicted octanol–water partition coefficient (Wildman–Crippen LogP) is 4.73. The molecule has 0 fully saturated rings. The molecule has 0 radical (unpaired) electrons. The molecule has 0 aliphatic carbocycles. The van der Waals surface area contributed by atoms with Crippen molar-refractivity contribution in [2.45, 2.75) is 12.8 Å². The molecule has 1 aliphatic rings. The van der Waals surface area contributed by atoms with Crippen molar-refractivity contribution in [1.29, 1.82) is 0 Å². The maximum atomic E-state index is 13.0. The van der Waals surface area contributed by atoms with E-state index >= 15 is 0 Å². The number of Topliss-reactive ketones (excluding diaryl/α,β-unsaturated/α-hetero) is 1. The van der Waals surface area contributed by atoms with Crippen molar-refractivity contribution in [3.05, 3.63) is 89.5 Å². The molecule has 3 aromatic carbocycles. The molecule has 0 unspecified atom stereocenters. The lowest BCUT2D eigenvalue weighted by molar-refractivity contribution is -0.135. The number of ether oxygens (including phenoxy) is 2. The van der Waals surface area contributed by atoms with E-state index in [9.17, 15) is 9.59 Å². The van der Waals surface area contributed by atoms with Crippen LogP contribution in [-0.4, -0.2) is 11.8 Å². The zero-order valence-electron chi connectivity index (χ0n) is 14.1. The lowest BCUT2D eigenvalue weighted by atomic mass is 9.88. The highest BCUT2D eigenvalue weighted by Gasteiger charge is 2.33. The van der Waals surface area contributed by atoms with Gasteiger partial charge in [-0.3, -0.25) is 9.59 Å². The van der Waals surface area contributed by atoms with Crippen LogP contribution in [0.4, 0.5) is 0 Å². The van der Waals surface area contributed by atoms with Crippen molar-refractivity contribution in [1.82, 2.24) is 0 Å². The van der Waals surface area contributed by atoms with Crippen molar-refractivity contribution < 1.29 is 19.1 Å². The quantitative estimate of drug-likeness (QED) is 0.391. The van der Waals surface area contributed by atoms with Gasteiger partial charge in [-0.2, -0.15) is 0 Å². The minimum Gasteiger partial charge on any atom is -0.457 e. The maximum Gasteiger partial charge on any atom is 0.323 e. The molecule has 0 atom stereocenters. The van der Waals surface area contributed by atoms with Crippen LogP contribution in [0.15, 0.2) is 72.8 Å². The van der Waals surface area contributed by atoms with Gasteiger partial charge in [-0.05, 0) is 31.2 Å². The largest absolute Gasteiger partial charge is 0.457 e. The summed E-state index contributed by atoms with van der Waals surface area (Å²) in [7, 11) is 0. The van der Waals surface area contributed by atoms with E-state index in [-0.39, 0.29) is 5.78 Å². The third kappa shape index (κ3) is 2.86. The first-order chi connectivity index (χ1) is 12.6. The van der Waals surface area contributed by atoms with Gasteiger partial charge in [-0.25, -0.2) is 0 Å². The number of hydrogen-bond acceptors (Lipinski definition) is 4. The number of hydrogen-bond donors (Lipinski definition) is 0. The topological polar surface area (TPSA) is 52.6 Å². The summed E-state index contributed by atoms with van der Waals surface area (Å²) in [5, 5.41) is 0. The summed E-state index contributed by atoms with van der Waals surface area (Å²) in [6.45, 7) is 1.48. The van der Waals surface area contributed by atoms with E-state index in [4.69, 9.17) is 9.47 Å². The van der Waals surface area contributed by atoms with Gasteiger partial charge in [0.05, 0.1) is 0 Å². The predicted molar refractivity (Wildman–Crippen MR) is 96.9 cm³/mol. The number of fused-ring (bicyclic) bond motifs is 2. The molecule has 0 spiro atoms. The Morgan fingerprint density at radius 3 is 2.08 bits per heavy atom. The zero-order chi connectivity index (χ0) is 18.1. The Morgan fingerprint density at radius 2 is 1.46 bits per heavy atom. The molecular weight excluding hydrogens is 328 g/mol. The van der Waals surface area contributed by atoms with E-state index in [1.807, 2.05) is 48.5 Å². The average molecular weight is 344 g/mol. The molecule has 1 aliphatic heterocycles. The fourth-order valence-electron chi connectivity index (χ4n) is 3.12. The summed E-state index contributed by atoms with van der Waals surface area (Å²) >= 11 is 0. The molecule has 1 heterocycles. The highest BCUT2D eigenvalue weighted by atomic mass is 16.5. The second-order valence-corrected chi connectivity index (χ2v) is 6.12. The Hall–Kier alpha value is -3.40. The SMILES string of the molecule is CC(=O)c1cccc(OC(=O)C2c3ccccc3Oc3ccccc32)c1. The fraction of sp³-hybridized carbons (Fsp3) is 0.0909. The van der Waals surface area contributed by atoms with E-state index in [0.717, 1.165) is 11.1 Å². The van der Waals surface area contributed by atoms with E-state index in [2.05, 4.69) is 0 Å². The van der Waals surface area contributed by atoms with E-state index in [1.165, 1.54) is 6.92 Å². The number of para-hydroxylation sites is 2. The normalized spacial score (nSPS) is 12.5. The van der Waals surface area contributed by atoms with E-state index in [1.54, 1.807) is 24.3 Å². The Balaban J connectivity index is 1.72. The van der Waals surface area contributed by atoms with Crippen LogP contribution in [0.5, 0.6) is 17.2 Å². The highest BCUT2D eigenvalue weighted by molar-refractivity contribution is 5.94. The average Bonchev–Trinajstić information content (AvgIpc) is 2.66. The molecule has 3 aromatic rings. The van der Waals surface area contributed by atoms with Crippen molar-refractivity contribution in [3.8, 4) is 17.2 Å². The second kappa shape index (κ2) is 6.48. The summed E-state index contributed by atoms with van der Waals surface area (Å²) in [4.78, 5) is 24.6. The van der Waals surface area contributed by atoms with Gasteiger partial charge in [0.15, 0.2) is 5.78 Å². The minimum atomic E-state index is -0.586. The van der Waals surface area contributed by atoms with Gasteiger partial charge in [0.2, 0.25) is 0 Å². The molecular formula is C22H16O4. The third-order valence-corrected chi connectivity index (χ3v) is 4.37. The molecule has 26 heavy (non-hydrogen) atoms. The molecule has 4 rings (SSSR count). The lowest BCUT2D eigenvalue weighted by Crippen LogP contribution is -2.23. The summed E-state index contributed by atoms with van der Waals surface area (Å²) in [5.41, 5.74) is 2.03. The summed E-state index contributed by atoms with van der Waals surface area (Å²) in [6.07, 6.45) is 0. The van der Waals surface area contributed by atoms with Gasteiger partial charge in [0, 0.05) is 16.7 Å². The standard InChI is InChI=1S/C22H16O4/c1-14(23)15-7-6-8-16(13-15)25-22(24)21-17-9-2-4-11-19(17)26-20-12-5-3-10-18(20)21/h2-13,21H,1H3. The molecule has 0 amide bonds. The minimum absolute atomic E-state index is 0.0790. The molecule has 0 saturated carbocycles. The van der Waals surface area contributed by atoms with Gasteiger partial charge in [0.1, 0.15) is 23.2 Å². The number of esters is 1. The van der Waals surface area contributed by atoms with Crippen molar-refractivity contribution in [2.24, 2.45) is 0 Å². The Morgan fingerprint density at radius 1 is 0.846 bits per heavy atom. The van der Waals surface area contributed by atoms with Crippen LogP contribution in [0.25, 0.3) is 0 Å². The Bertz CT molecular complexity index is 961. The maximum absolute atomic E-state index is 13.0. The van der Waals surface area contributed by atoms with Gasteiger partial charge in [-0.1, -0.05) is 48.5 Å². The van der Waals surface area contributed by atoms with Crippen molar-refractivity contribution in [2.75, 3.05) is 0 Å². The molecule has 0 saturated heterocycles. The van der Waals surface area contributed by atoms with Gasteiger partial charge in [-0.15, -0.1) is 0 Å². The molecule has 0 bridgehead atoms. The smallest absolute Gasteiger partial charge is 0.323 e. The van der Waals surface area contributed by atoms with Gasteiger partial charge < -0.3 is 9.47 Å². The van der Waals surface area contributed by atoms with Crippen LogP contribution in [0.1, 0.15) is 34.3 Å². The molecule has 0 N–H and O–H groups in total. The highest BCUT2D eigenvalue weighted by Crippen LogP contribution is 2.44.